The number of benzene rings is 2. The van der Waals surface area contributed by atoms with Crippen LogP contribution in [-0.2, 0) is 4.79 Å². The first-order chi connectivity index (χ1) is 10.6. The summed E-state index contributed by atoms with van der Waals surface area (Å²) in [5.74, 6) is 1.29. The van der Waals surface area contributed by atoms with Gasteiger partial charge >= 0.3 is 5.97 Å². The monoisotopic (exact) mass is 340 g/mol. The number of hydrogen-bond donors (Lipinski definition) is 0. The molecule has 0 saturated heterocycles. The van der Waals surface area contributed by atoms with Gasteiger partial charge in [0.25, 0.3) is 0 Å². The van der Waals surface area contributed by atoms with Crippen LogP contribution >= 0.6 is 23.2 Å². The maximum Gasteiger partial charge on any atom is 0.349 e. The van der Waals surface area contributed by atoms with Gasteiger partial charge in [0, 0.05) is 11.1 Å². The van der Waals surface area contributed by atoms with Gasteiger partial charge in [-0.2, -0.15) is 0 Å². The summed E-state index contributed by atoms with van der Waals surface area (Å²) >= 11 is 11.7. The van der Waals surface area contributed by atoms with Gasteiger partial charge in [-0.3, -0.25) is 0 Å². The lowest BCUT2D eigenvalue weighted by Gasteiger charge is -2.08. The minimum Gasteiger partial charge on any atom is -0.480 e. The quantitative estimate of drug-likeness (QED) is 0.627. The van der Waals surface area contributed by atoms with Crippen molar-refractivity contribution in [1.82, 2.24) is 0 Å². The molecule has 0 aromatic heterocycles. The van der Waals surface area contributed by atoms with Crippen molar-refractivity contribution in [2.75, 3.05) is 13.4 Å². The summed E-state index contributed by atoms with van der Waals surface area (Å²) in [4.78, 5) is 11.8. The Bertz CT molecular complexity index is 717. The molecule has 7 heteroatoms. The predicted octanol–water partition coefficient (Wildman–Crippen LogP) is 3.71. The van der Waals surface area contributed by atoms with E-state index in [4.69, 9.17) is 42.1 Å². The summed E-state index contributed by atoms with van der Waals surface area (Å²) in [6.07, 6.45) is 0. The van der Waals surface area contributed by atoms with E-state index < -0.39 is 5.97 Å². The Kier molecular flexibility index (Phi) is 4.27. The van der Waals surface area contributed by atoms with Crippen LogP contribution in [0.25, 0.3) is 0 Å². The van der Waals surface area contributed by atoms with Gasteiger partial charge in [-0.1, -0.05) is 23.2 Å². The van der Waals surface area contributed by atoms with E-state index in [0.29, 0.717) is 33.0 Å². The lowest BCUT2D eigenvalue weighted by molar-refractivity contribution is -0.136. The fourth-order valence-corrected chi connectivity index (χ4v) is 2.29. The molecule has 0 fully saturated rings. The van der Waals surface area contributed by atoms with Crippen molar-refractivity contribution in [2.45, 2.75) is 0 Å². The molecule has 2 aromatic rings. The smallest absolute Gasteiger partial charge is 0.349 e. The highest BCUT2D eigenvalue weighted by Crippen LogP contribution is 2.35. The second kappa shape index (κ2) is 6.34. The highest BCUT2D eigenvalue weighted by atomic mass is 35.5. The van der Waals surface area contributed by atoms with Gasteiger partial charge in [0.1, 0.15) is 11.5 Å². The van der Waals surface area contributed by atoms with Gasteiger partial charge in [0.15, 0.2) is 18.1 Å². The molecule has 22 heavy (non-hydrogen) atoms. The lowest BCUT2D eigenvalue weighted by atomic mass is 10.3. The Morgan fingerprint density at radius 3 is 2.73 bits per heavy atom. The largest absolute Gasteiger partial charge is 0.480 e. The van der Waals surface area contributed by atoms with Crippen LogP contribution in [-0.4, -0.2) is 19.4 Å². The number of ether oxygens (including phenoxy) is 4. The van der Waals surface area contributed by atoms with Crippen LogP contribution in [0.3, 0.4) is 0 Å². The Morgan fingerprint density at radius 1 is 1.09 bits per heavy atom. The molecule has 0 spiro atoms. The van der Waals surface area contributed by atoms with E-state index in [1.807, 2.05) is 0 Å². The highest BCUT2D eigenvalue weighted by Gasteiger charge is 2.15. The topological polar surface area (TPSA) is 54.0 Å². The standard InChI is InChI=1S/C15H10Cl2O5/c16-9-1-3-12(11(17)5-9)19-7-15(18)22-10-2-4-13-14(6-10)21-8-20-13/h1-6H,7-8H2. The Hall–Kier alpha value is -2.11. The second-order valence-electron chi connectivity index (χ2n) is 4.35. The maximum absolute atomic E-state index is 11.8. The normalized spacial score (nSPS) is 12.1. The van der Waals surface area contributed by atoms with Crippen LogP contribution in [0.2, 0.25) is 10.0 Å². The van der Waals surface area contributed by atoms with Gasteiger partial charge in [-0.25, -0.2) is 4.79 Å². The zero-order chi connectivity index (χ0) is 15.5. The summed E-state index contributed by atoms with van der Waals surface area (Å²) in [6.45, 7) is -0.124. The molecule has 0 saturated carbocycles. The average Bonchev–Trinajstić information content (AvgIpc) is 2.94. The third-order valence-electron chi connectivity index (χ3n) is 2.82. The van der Waals surface area contributed by atoms with E-state index >= 15 is 0 Å². The van der Waals surface area contributed by atoms with Crippen LogP contribution in [0.5, 0.6) is 23.0 Å². The number of rotatable bonds is 4. The van der Waals surface area contributed by atoms with E-state index in [-0.39, 0.29) is 13.4 Å². The van der Waals surface area contributed by atoms with Gasteiger partial charge < -0.3 is 18.9 Å². The molecule has 0 N–H and O–H groups in total. The molecule has 0 atom stereocenters. The van der Waals surface area contributed by atoms with Gasteiger partial charge in [-0.05, 0) is 30.3 Å². The SMILES string of the molecule is O=C(COc1ccc(Cl)cc1Cl)Oc1ccc2c(c1)OCO2. The van der Waals surface area contributed by atoms with Crippen LogP contribution in [0.1, 0.15) is 0 Å². The van der Waals surface area contributed by atoms with Crippen molar-refractivity contribution in [3.63, 3.8) is 0 Å². The van der Waals surface area contributed by atoms with E-state index in [1.54, 1.807) is 30.3 Å². The van der Waals surface area contributed by atoms with Crippen LogP contribution in [0.4, 0.5) is 0 Å². The molecule has 1 aliphatic rings. The summed E-state index contributed by atoms with van der Waals surface area (Å²) in [7, 11) is 0. The van der Waals surface area contributed by atoms with Crippen molar-refractivity contribution in [3.05, 3.63) is 46.4 Å². The van der Waals surface area contributed by atoms with E-state index in [9.17, 15) is 4.79 Å². The summed E-state index contributed by atoms with van der Waals surface area (Å²) < 4.78 is 20.8. The third kappa shape index (κ3) is 3.37. The zero-order valence-corrected chi connectivity index (χ0v) is 12.7. The molecule has 2 aromatic carbocycles. The molecular weight excluding hydrogens is 331 g/mol. The van der Waals surface area contributed by atoms with Crippen molar-refractivity contribution in [2.24, 2.45) is 0 Å². The van der Waals surface area contributed by atoms with Crippen molar-refractivity contribution in [1.29, 1.82) is 0 Å². The Labute approximate surface area is 136 Å². The molecule has 114 valence electrons. The molecule has 0 aliphatic carbocycles. The lowest BCUT2D eigenvalue weighted by Crippen LogP contribution is -2.17. The minimum atomic E-state index is -0.565. The summed E-state index contributed by atoms with van der Waals surface area (Å²) in [6, 6.07) is 9.59. The van der Waals surface area contributed by atoms with Crippen LogP contribution in [0, 0.1) is 0 Å². The van der Waals surface area contributed by atoms with Crippen molar-refractivity contribution >= 4 is 29.2 Å². The molecule has 1 heterocycles. The fraction of sp³-hybridized carbons (Fsp3) is 0.133. The van der Waals surface area contributed by atoms with Gasteiger partial charge in [0.05, 0.1) is 5.02 Å². The minimum absolute atomic E-state index is 0.158. The maximum atomic E-state index is 11.8. The molecular formula is C15H10Cl2O5. The Morgan fingerprint density at radius 2 is 1.91 bits per heavy atom. The van der Waals surface area contributed by atoms with Crippen LogP contribution < -0.4 is 18.9 Å². The molecule has 0 unspecified atom stereocenters. The van der Waals surface area contributed by atoms with Crippen LogP contribution in [0.15, 0.2) is 36.4 Å². The van der Waals surface area contributed by atoms with Gasteiger partial charge in [-0.15, -0.1) is 0 Å². The zero-order valence-electron chi connectivity index (χ0n) is 11.2. The van der Waals surface area contributed by atoms with E-state index in [0.717, 1.165) is 0 Å². The second-order valence-corrected chi connectivity index (χ2v) is 5.20. The number of halogens is 2. The number of hydrogen-bond acceptors (Lipinski definition) is 5. The Balaban J connectivity index is 1.58. The summed E-state index contributed by atoms with van der Waals surface area (Å²) in [5, 5.41) is 0.809. The number of esters is 1. The first-order valence-electron chi connectivity index (χ1n) is 6.30. The molecule has 0 amide bonds. The molecule has 3 rings (SSSR count). The molecule has 5 nitrogen and oxygen atoms in total. The van der Waals surface area contributed by atoms with E-state index in [2.05, 4.69) is 0 Å². The number of carbonyl (C=O) groups is 1. The third-order valence-corrected chi connectivity index (χ3v) is 3.35. The van der Waals surface area contributed by atoms with Crippen molar-refractivity contribution < 1.29 is 23.7 Å². The number of carbonyl (C=O) groups excluding carboxylic acids is 1. The predicted molar refractivity (Wildman–Crippen MR) is 80.2 cm³/mol. The van der Waals surface area contributed by atoms with E-state index in [1.165, 1.54) is 6.07 Å². The fourth-order valence-electron chi connectivity index (χ4n) is 1.83. The average molecular weight is 341 g/mol. The molecule has 1 aliphatic heterocycles. The molecule has 0 bridgehead atoms. The molecule has 0 radical (unpaired) electrons. The van der Waals surface area contributed by atoms with Gasteiger partial charge in [0.2, 0.25) is 6.79 Å². The number of fused-ring (bicyclic) bond motifs is 1. The first kappa shape index (κ1) is 14.8. The van der Waals surface area contributed by atoms with Crippen molar-refractivity contribution in [3.8, 4) is 23.0 Å². The highest BCUT2D eigenvalue weighted by molar-refractivity contribution is 6.35. The summed E-state index contributed by atoms with van der Waals surface area (Å²) in [5.41, 5.74) is 0. The first-order valence-corrected chi connectivity index (χ1v) is 7.05.